The van der Waals surface area contributed by atoms with Gasteiger partial charge in [0.2, 0.25) is 0 Å². The van der Waals surface area contributed by atoms with Crippen molar-refractivity contribution in [2.75, 3.05) is 19.0 Å². The third-order valence-corrected chi connectivity index (χ3v) is 4.43. The summed E-state index contributed by atoms with van der Waals surface area (Å²) in [5.41, 5.74) is 3.14. The van der Waals surface area contributed by atoms with Crippen LogP contribution in [-0.4, -0.2) is 20.1 Å². The van der Waals surface area contributed by atoms with Gasteiger partial charge in [0.05, 0.1) is 0 Å². The molecule has 1 aliphatic carbocycles. The van der Waals surface area contributed by atoms with Crippen LogP contribution in [0.5, 0.6) is 0 Å². The van der Waals surface area contributed by atoms with Crippen molar-refractivity contribution < 1.29 is 0 Å². The normalized spacial score (nSPS) is 25.4. The number of benzene rings is 1. The lowest BCUT2D eigenvalue weighted by molar-refractivity contribution is 0.151. The van der Waals surface area contributed by atoms with Gasteiger partial charge in [0.1, 0.15) is 0 Å². The Kier molecular flexibility index (Phi) is 4.74. The van der Waals surface area contributed by atoms with E-state index in [4.69, 9.17) is 0 Å². The summed E-state index contributed by atoms with van der Waals surface area (Å²) in [6.45, 7) is 8.19. The molecule has 1 aliphatic rings. The Labute approximate surface area is 124 Å². The Bertz CT molecular complexity index is 420. The van der Waals surface area contributed by atoms with Crippen LogP contribution in [0.15, 0.2) is 24.3 Å². The van der Waals surface area contributed by atoms with Crippen LogP contribution >= 0.6 is 0 Å². The first-order chi connectivity index (χ1) is 9.35. The molecule has 1 fully saturated rings. The van der Waals surface area contributed by atoms with Crippen LogP contribution in [0.3, 0.4) is 0 Å². The van der Waals surface area contributed by atoms with Crippen LogP contribution in [0.1, 0.15) is 45.6 Å². The van der Waals surface area contributed by atoms with Crippen LogP contribution < -0.4 is 10.2 Å². The average Bonchev–Trinajstić information content (AvgIpc) is 2.34. The maximum Gasteiger partial charge on any atom is 0.0361 e. The summed E-state index contributed by atoms with van der Waals surface area (Å²) in [7, 11) is 4.16. The average molecular weight is 274 g/mol. The third-order valence-electron chi connectivity index (χ3n) is 4.43. The highest BCUT2D eigenvalue weighted by atomic mass is 15.1. The van der Waals surface area contributed by atoms with E-state index in [0.29, 0.717) is 11.5 Å². The molecule has 0 amide bonds. The van der Waals surface area contributed by atoms with Gasteiger partial charge in [0, 0.05) is 32.4 Å². The Morgan fingerprint density at radius 1 is 1.15 bits per heavy atom. The largest absolute Gasteiger partial charge is 0.378 e. The molecule has 2 rings (SSSR count). The van der Waals surface area contributed by atoms with Gasteiger partial charge < -0.3 is 10.2 Å². The van der Waals surface area contributed by atoms with Crippen LogP contribution in [0, 0.1) is 11.3 Å². The van der Waals surface area contributed by atoms with E-state index >= 15 is 0 Å². The number of hydrogen-bond acceptors (Lipinski definition) is 2. The molecule has 0 saturated heterocycles. The SMILES string of the molecule is CC1CC(NCc2ccc(N(C)C)cc2)CC(C)(C)C1. The van der Waals surface area contributed by atoms with Crippen molar-refractivity contribution in [2.24, 2.45) is 11.3 Å². The predicted octanol–water partition coefficient (Wildman–Crippen LogP) is 4.06. The minimum Gasteiger partial charge on any atom is -0.378 e. The fourth-order valence-electron chi connectivity index (χ4n) is 3.68. The lowest BCUT2D eigenvalue weighted by Crippen LogP contribution is -2.39. The van der Waals surface area contributed by atoms with Gasteiger partial charge in [-0.15, -0.1) is 0 Å². The molecule has 2 nitrogen and oxygen atoms in total. The number of rotatable bonds is 4. The van der Waals surface area contributed by atoms with Gasteiger partial charge in [-0.2, -0.15) is 0 Å². The lowest BCUT2D eigenvalue weighted by atomic mass is 9.70. The monoisotopic (exact) mass is 274 g/mol. The molecule has 0 aromatic heterocycles. The molecule has 0 radical (unpaired) electrons. The topological polar surface area (TPSA) is 15.3 Å². The molecule has 1 saturated carbocycles. The Balaban J connectivity index is 1.88. The number of hydrogen-bond donors (Lipinski definition) is 1. The molecule has 112 valence electrons. The van der Waals surface area contributed by atoms with E-state index in [1.807, 2.05) is 0 Å². The summed E-state index contributed by atoms with van der Waals surface area (Å²) in [5, 5.41) is 3.76. The molecule has 2 unspecified atom stereocenters. The second-order valence-electron chi connectivity index (χ2n) is 7.55. The van der Waals surface area contributed by atoms with Crippen molar-refractivity contribution >= 4 is 5.69 Å². The van der Waals surface area contributed by atoms with E-state index < -0.39 is 0 Å². The molecule has 0 aliphatic heterocycles. The van der Waals surface area contributed by atoms with Crippen LogP contribution in [0.2, 0.25) is 0 Å². The summed E-state index contributed by atoms with van der Waals surface area (Å²) in [6, 6.07) is 9.54. The molecule has 0 bridgehead atoms. The van der Waals surface area contributed by atoms with Gasteiger partial charge in [0.25, 0.3) is 0 Å². The molecule has 0 spiro atoms. The molecule has 2 heteroatoms. The first-order valence-corrected chi connectivity index (χ1v) is 7.85. The molecule has 1 N–H and O–H groups in total. The van der Waals surface area contributed by atoms with Crippen molar-refractivity contribution in [1.82, 2.24) is 5.32 Å². The minimum absolute atomic E-state index is 0.490. The summed E-state index contributed by atoms with van der Waals surface area (Å²) in [4.78, 5) is 2.14. The predicted molar refractivity (Wildman–Crippen MR) is 88.2 cm³/mol. The van der Waals surface area contributed by atoms with Crippen molar-refractivity contribution in [1.29, 1.82) is 0 Å². The van der Waals surface area contributed by atoms with Gasteiger partial charge >= 0.3 is 0 Å². The van der Waals surface area contributed by atoms with Crippen LogP contribution in [0.4, 0.5) is 5.69 Å². The molecule has 1 aromatic rings. The molecule has 0 heterocycles. The zero-order valence-electron chi connectivity index (χ0n) is 13.7. The number of anilines is 1. The second kappa shape index (κ2) is 6.17. The maximum absolute atomic E-state index is 3.76. The van der Waals surface area contributed by atoms with E-state index in [2.05, 4.69) is 69.3 Å². The minimum atomic E-state index is 0.490. The maximum atomic E-state index is 3.76. The smallest absolute Gasteiger partial charge is 0.0361 e. The molecule has 20 heavy (non-hydrogen) atoms. The highest BCUT2D eigenvalue weighted by molar-refractivity contribution is 5.45. The quantitative estimate of drug-likeness (QED) is 0.891. The van der Waals surface area contributed by atoms with Crippen molar-refractivity contribution in [2.45, 2.75) is 52.6 Å². The Hall–Kier alpha value is -1.02. The zero-order valence-corrected chi connectivity index (χ0v) is 13.7. The van der Waals surface area contributed by atoms with Gasteiger partial charge in [-0.3, -0.25) is 0 Å². The first-order valence-electron chi connectivity index (χ1n) is 7.85. The van der Waals surface area contributed by atoms with E-state index in [-0.39, 0.29) is 0 Å². The summed E-state index contributed by atoms with van der Waals surface area (Å²) < 4.78 is 0. The standard InChI is InChI=1S/C18H30N2/c1-14-10-16(12-18(2,3)11-14)19-13-15-6-8-17(9-7-15)20(4)5/h6-9,14,16,19H,10-13H2,1-5H3. The zero-order chi connectivity index (χ0) is 14.8. The molecule has 1 aromatic carbocycles. The molecular weight excluding hydrogens is 244 g/mol. The van der Waals surface area contributed by atoms with Crippen molar-refractivity contribution in [3.05, 3.63) is 29.8 Å². The van der Waals surface area contributed by atoms with E-state index in [9.17, 15) is 0 Å². The van der Waals surface area contributed by atoms with Gasteiger partial charge in [-0.25, -0.2) is 0 Å². The van der Waals surface area contributed by atoms with Crippen LogP contribution in [0.25, 0.3) is 0 Å². The third kappa shape index (κ3) is 4.24. The van der Waals surface area contributed by atoms with E-state index in [0.717, 1.165) is 12.5 Å². The lowest BCUT2D eigenvalue weighted by Gasteiger charge is -2.39. The highest BCUT2D eigenvalue weighted by Crippen LogP contribution is 2.38. The first kappa shape index (κ1) is 15.4. The Morgan fingerprint density at radius 2 is 1.80 bits per heavy atom. The van der Waals surface area contributed by atoms with E-state index in [1.54, 1.807) is 0 Å². The molecular formula is C18H30N2. The molecule has 2 atom stereocenters. The van der Waals surface area contributed by atoms with Crippen LogP contribution in [-0.2, 0) is 6.54 Å². The van der Waals surface area contributed by atoms with Crippen molar-refractivity contribution in [3.63, 3.8) is 0 Å². The summed E-state index contributed by atoms with van der Waals surface area (Å²) >= 11 is 0. The van der Waals surface area contributed by atoms with Gasteiger partial charge in [0.15, 0.2) is 0 Å². The summed E-state index contributed by atoms with van der Waals surface area (Å²) in [6.07, 6.45) is 3.98. The van der Waals surface area contributed by atoms with Gasteiger partial charge in [-0.1, -0.05) is 32.9 Å². The Morgan fingerprint density at radius 3 is 2.35 bits per heavy atom. The second-order valence-corrected chi connectivity index (χ2v) is 7.55. The van der Waals surface area contributed by atoms with Crippen molar-refractivity contribution in [3.8, 4) is 0 Å². The fraction of sp³-hybridized carbons (Fsp3) is 0.667. The highest BCUT2D eigenvalue weighted by Gasteiger charge is 2.31. The summed E-state index contributed by atoms with van der Waals surface area (Å²) in [5.74, 6) is 0.840. The van der Waals surface area contributed by atoms with E-state index in [1.165, 1.54) is 30.5 Å². The number of nitrogens with one attached hydrogen (secondary N) is 1. The fourth-order valence-corrected chi connectivity index (χ4v) is 3.68. The number of nitrogens with zero attached hydrogens (tertiary/aromatic N) is 1. The van der Waals surface area contributed by atoms with Gasteiger partial charge in [-0.05, 0) is 48.3 Å².